The number of nitrogens with one attached hydrogen (secondary N) is 1. The number of para-hydroxylation sites is 1. The zero-order valence-electron chi connectivity index (χ0n) is 14.1. The van der Waals surface area contributed by atoms with Crippen LogP contribution in [-0.4, -0.2) is 47.3 Å². The SMILES string of the molecule is CCCc1nc(NC(=O)Oc2ccccc2)nc(N2CCOCC2)n1. The number of aromatic nitrogens is 3. The summed E-state index contributed by atoms with van der Waals surface area (Å²) in [5.74, 6) is 1.85. The normalized spacial score (nSPS) is 14.2. The van der Waals surface area contributed by atoms with Gasteiger partial charge in [-0.3, -0.25) is 5.32 Å². The summed E-state index contributed by atoms with van der Waals surface area (Å²) in [5, 5.41) is 2.59. The Morgan fingerprint density at radius 2 is 1.96 bits per heavy atom. The molecule has 1 aromatic heterocycles. The van der Waals surface area contributed by atoms with E-state index in [0.29, 0.717) is 50.2 Å². The molecule has 0 radical (unpaired) electrons. The number of aryl methyl sites for hydroxylation is 1. The molecule has 0 aliphatic carbocycles. The van der Waals surface area contributed by atoms with Crippen LogP contribution in [0.5, 0.6) is 5.75 Å². The van der Waals surface area contributed by atoms with E-state index in [-0.39, 0.29) is 5.95 Å². The van der Waals surface area contributed by atoms with E-state index in [1.165, 1.54) is 0 Å². The lowest BCUT2D eigenvalue weighted by Gasteiger charge is -2.27. The van der Waals surface area contributed by atoms with Crippen LogP contribution in [-0.2, 0) is 11.2 Å². The predicted octanol–water partition coefficient (Wildman–Crippen LogP) is 2.27. The van der Waals surface area contributed by atoms with Gasteiger partial charge in [0.2, 0.25) is 11.9 Å². The molecule has 1 aromatic carbocycles. The fourth-order valence-corrected chi connectivity index (χ4v) is 2.42. The van der Waals surface area contributed by atoms with Crippen LogP contribution in [0.2, 0.25) is 0 Å². The van der Waals surface area contributed by atoms with E-state index in [4.69, 9.17) is 9.47 Å². The molecule has 2 heterocycles. The zero-order chi connectivity index (χ0) is 17.5. The molecule has 1 saturated heterocycles. The summed E-state index contributed by atoms with van der Waals surface area (Å²) >= 11 is 0. The van der Waals surface area contributed by atoms with Crippen LogP contribution in [0.1, 0.15) is 19.2 Å². The number of benzene rings is 1. The first kappa shape index (κ1) is 17.1. The van der Waals surface area contributed by atoms with Crippen molar-refractivity contribution in [3.05, 3.63) is 36.2 Å². The third kappa shape index (κ3) is 4.87. The standard InChI is InChI=1S/C17H21N5O3/c1-2-6-14-18-15(20-16(19-14)22-9-11-24-12-10-22)21-17(23)25-13-7-4-3-5-8-13/h3-5,7-8H,2,6,9-12H2,1H3,(H,18,19,20,21,23). The van der Waals surface area contributed by atoms with E-state index in [0.717, 1.165) is 6.42 Å². The summed E-state index contributed by atoms with van der Waals surface area (Å²) in [6.45, 7) is 4.74. The second-order valence-electron chi connectivity index (χ2n) is 5.55. The highest BCUT2D eigenvalue weighted by Crippen LogP contribution is 2.15. The molecule has 0 spiro atoms. The Hall–Kier alpha value is -2.74. The Labute approximate surface area is 146 Å². The van der Waals surface area contributed by atoms with E-state index < -0.39 is 6.09 Å². The molecular weight excluding hydrogens is 322 g/mol. The van der Waals surface area contributed by atoms with Crippen LogP contribution in [0.4, 0.5) is 16.7 Å². The van der Waals surface area contributed by atoms with Crippen molar-refractivity contribution in [2.75, 3.05) is 36.5 Å². The van der Waals surface area contributed by atoms with Crippen molar-refractivity contribution in [3.63, 3.8) is 0 Å². The first-order valence-electron chi connectivity index (χ1n) is 8.36. The molecule has 0 saturated carbocycles. The van der Waals surface area contributed by atoms with Gasteiger partial charge < -0.3 is 14.4 Å². The average molecular weight is 343 g/mol. The number of carbonyl (C=O) groups is 1. The molecule has 1 aliphatic rings. The number of hydrogen-bond acceptors (Lipinski definition) is 7. The van der Waals surface area contributed by atoms with Gasteiger partial charge in [-0.2, -0.15) is 15.0 Å². The van der Waals surface area contributed by atoms with Crippen molar-refractivity contribution in [1.29, 1.82) is 0 Å². The van der Waals surface area contributed by atoms with Crippen molar-refractivity contribution < 1.29 is 14.3 Å². The summed E-state index contributed by atoms with van der Waals surface area (Å²) in [7, 11) is 0. The number of morpholine rings is 1. The van der Waals surface area contributed by atoms with E-state index in [1.807, 2.05) is 11.0 Å². The quantitative estimate of drug-likeness (QED) is 0.890. The minimum absolute atomic E-state index is 0.195. The molecule has 1 aliphatic heterocycles. The molecule has 1 amide bonds. The first-order valence-corrected chi connectivity index (χ1v) is 8.36. The molecule has 2 aromatic rings. The maximum atomic E-state index is 12.1. The maximum absolute atomic E-state index is 12.1. The Morgan fingerprint density at radius 3 is 2.68 bits per heavy atom. The van der Waals surface area contributed by atoms with Crippen LogP contribution in [0, 0.1) is 0 Å². The van der Waals surface area contributed by atoms with Gasteiger partial charge in [0, 0.05) is 19.5 Å². The van der Waals surface area contributed by atoms with Gasteiger partial charge in [0.05, 0.1) is 13.2 Å². The van der Waals surface area contributed by atoms with Gasteiger partial charge in [-0.15, -0.1) is 0 Å². The van der Waals surface area contributed by atoms with E-state index in [9.17, 15) is 4.79 Å². The van der Waals surface area contributed by atoms with Gasteiger partial charge in [0.15, 0.2) is 0 Å². The number of nitrogens with zero attached hydrogens (tertiary/aromatic N) is 4. The monoisotopic (exact) mass is 343 g/mol. The summed E-state index contributed by atoms with van der Waals surface area (Å²) < 4.78 is 10.6. The van der Waals surface area contributed by atoms with Crippen LogP contribution in [0.25, 0.3) is 0 Å². The lowest BCUT2D eigenvalue weighted by molar-refractivity contribution is 0.122. The van der Waals surface area contributed by atoms with Gasteiger partial charge in [-0.25, -0.2) is 4.79 Å². The Balaban J connectivity index is 1.74. The molecule has 25 heavy (non-hydrogen) atoms. The first-order chi connectivity index (χ1) is 12.2. The van der Waals surface area contributed by atoms with Gasteiger partial charge >= 0.3 is 6.09 Å². The zero-order valence-corrected chi connectivity index (χ0v) is 14.1. The smallest absolute Gasteiger partial charge is 0.410 e. The number of amides is 1. The molecule has 8 heteroatoms. The number of anilines is 2. The Bertz CT molecular complexity index is 705. The lowest BCUT2D eigenvalue weighted by Crippen LogP contribution is -2.37. The minimum atomic E-state index is -0.632. The number of ether oxygens (including phenoxy) is 2. The highest BCUT2D eigenvalue weighted by molar-refractivity contribution is 5.84. The number of rotatable bonds is 5. The summed E-state index contributed by atoms with van der Waals surface area (Å²) in [6, 6.07) is 8.84. The fourth-order valence-electron chi connectivity index (χ4n) is 2.42. The van der Waals surface area contributed by atoms with Gasteiger partial charge in [-0.1, -0.05) is 25.1 Å². The highest BCUT2D eigenvalue weighted by atomic mass is 16.6. The lowest BCUT2D eigenvalue weighted by atomic mass is 10.3. The molecule has 1 N–H and O–H groups in total. The molecule has 3 rings (SSSR count). The largest absolute Gasteiger partial charge is 0.419 e. The van der Waals surface area contributed by atoms with Crippen LogP contribution < -0.4 is 15.0 Å². The van der Waals surface area contributed by atoms with Gasteiger partial charge in [0.25, 0.3) is 0 Å². The Morgan fingerprint density at radius 1 is 1.20 bits per heavy atom. The van der Waals surface area contributed by atoms with Crippen molar-refractivity contribution >= 4 is 18.0 Å². The molecule has 132 valence electrons. The van der Waals surface area contributed by atoms with Crippen molar-refractivity contribution in [1.82, 2.24) is 15.0 Å². The third-order valence-corrected chi connectivity index (χ3v) is 3.61. The maximum Gasteiger partial charge on any atom is 0.419 e. The predicted molar refractivity (Wildman–Crippen MR) is 92.9 cm³/mol. The molecule has 1 fully saturated rings. The van der Waals surface area contributed by atoms with Crippen molar-refractivity contribution in [2.45, 2.75) is 19.8 Å². The molecular formula is C17H21N5O3. The topological polar surface area (TPSA) is 89.5 Å². The van der Waals surface area contributed by atoms with E-state index in [1.54, 1.807) is 24.3 Å². The fraction of sp³-hybridized carbons (Fsp3) is 0.412. The second-order valence-corrected chi connectivity index (χ2v) is 5.55. The second kappa shape index (κ2) is 8.39. The average Bonchev–Trinajstić information content (AvgIpc) is 2.63. The van der Waals surface area contributed by atoms with E-state index in [2.05, 4.69) is 27.2 Å². The van der Waals surface area contributed by atoms with Crippen LogP contribution >= 0.6 is 0 Å². The molecule has 0 atom stereocenters. The third-order valence-electron chi connectivity index (χ3n) is 3.61. The molecule has 0 unspecified atom stereocenters. The molecule has 8 nitrogen and oxygen atoms in total. The summed E-state index contributed by atoms with van der Waals surface area (Å²) in [6.07, 6.45) is 0.982. The Kier molecular flexibility index (Phi) is 5.73. The summed E-state index contributed by atoms with van der Waals surface area (Å²) in [4.78, 5) is 27.3. The van der Waals surface area contributed by atoms with Gasteiger partial charge in [-0.05, 0) is 18.6 Å². The van der Waals surface area contributed by atoms with E-state index >= 15 is 0 Å². The molecule has 0 bridgehead atoms. The van der Waals surface area contributed by atoms with Crippen molar-refractivity contribution in [2.24, 2.45) is 0 Å². The van der Waals surface area contributed by atoms with Gasteiger partial charge in [0.1, 0.15) is 11.6 Å². The number of carbonyl (C=O) groups excluding carboxylic acids is 1. The van der Waals surface area contributed by atoms with Crippen LogP contribution in [0.15, 0.2) is 30.3 Å². The minimum Gasteiger partial charge on any atom is -0.410 e. The van der Waals surface area contributed by atoms with Crippen molar-refractivity contribution in [3.8, 4) is 5.75 Å². The highest BCUT2D eigenvalue weighted by Gasteiger charge is 2.17. The number of hydrogen-bond donors (Lipinski definition) is 1. The van der Waals surface area contributed by atoms with Crippen LogP contribution in [0.3, 0.4) is 0 Å². The summed E-state index contributed by atoms with van der Waals surface area (Å²) in [5.41, 5.74) is 0.